The Bertz CT molecular complexity index is 563. The molecule has 0 aliphatic carbocycles. The van der Waals surface area contributed by atoms with Crippen LogP contribution in [-0.4, -0.2) is 23.5 Å². The average molecular weight is 257 g/mol. The van der Waals surface area contributed by atoms with Crippen molar-refractivity contribution in [1.82, 2.24) is 15.6 Å². The van der Waals surface area contributed by atoms with Crippen LogP contribution in [0, 0.1) is 0 Å². The minimum Gasteiger partial charge on any atom is -0.355 e. The van der Waals surface area contributed by atoms with Gasteiger partial charge in [0.1, 0.15) is 0 Å². The maximum absolute atomic E-state index is 11.6. The van der Waals surface area contributed by atoms with Gasteiger partial charge in [-0.15, -0.1) is 0 Å². The Balaban J connectivity index is 2.08. The van der Waals surface area contributed by atoms with Crippen LogP contribution in [0.25, 0.3) is 10.8 Å². The average Bonchev–Trinajstić information content (AvgIpc) is 2.45. The van der Waals surface area contributed by atoms with E-state index in [0.29, 0.717) is 13.1 Å². The van der Waals surface area contributed by atoms with E-state index in [1.165, 1.54) is 10.9 Å². The normalized spacial score (nSPS) is 12.3. The van der Waals surface area contributed by atoms with Crippen molar-refractivity contribution in [3.63, 3.8) is 0 Å². The lowest BCUT2D eigenvalue weighted by Crippen LogP contribution is -2.41. The van der Waals surface area contributed by atoms with Crippen molar-refractivity contribution in [3.8, 4) is 0 Å². The highest BCUT2D eigenvalue weighted by Gasteiger charge is 2.11. The molecule has 1 amide bonds. The Morgan fingerprint density at radius 1 is 1.37 bits per heavy atom. The topological polar surface area (TPSA) is 54.0 Å². The number of hydrogen-bond acceptors (Lipinski definition) is 3. The summed E-state index contributed by atoms with van der Waals surface area (Å²) in [5, 5.41) is 8.34. The van der Waals surface area contributed by atoms with Crippen LogP contribution in [0.5, 0.6) is 0 Å². The quantitative estimate of drug-likeness (QED) is 0.859. The van der Waals surface area contributed by atoms with E-state index in [4.69, 9.17) is 0 Å². The molecule has 2 rings (SSSR count). The molecule has 1 aromatic carbocycles. The first-order valence-electron chi connectivity index (χ1n) is 6.55. The molecule has 0 aliphatic rings. The first-order valence-corrected chi connectivity index (χ1v) is 6.55. The second-order valence-corrected chi connectivity index (χ2v) is 4.51. The van der Waals surface area contributed by atoms with Crippen LogP contribution in [0.3, 0.4) is 0 Å². The summed E-state index contributed by atoms with van der Waals surface area (Å²) in [5.41, 5.74) is 1.18. The van der Waals surface area contributed by atoms with E-state index < -0.39 is 0 Å². The Hall–Kier alpha value is -1.94. The number of fused-ring (bicyclic) bond motifs is 1. The first kappa shape index (κ1) is 13.5. The van der Waals surface area contributed by atoms with Crippen LogP contribution in [0.2, 0.25) is 0 Å². The molecule has 4 nitrogen and oxygen atoms in total. The molecule has 0 saturated heterocycles. The third-order valence-corrected chi connectivity index (χ3v) is 3.11. The Morgan fingerprint density at radius 3 is 3.00 bits per heavy atom. The van der Waals surface area contributed by atoms with Crippen LogP contribution < -0.4 is 10.6 Å². The summed E-state index contributed by atoms with van der Waals surface area (Å²) < 4.78 is 0. The van der Waals surface area contributed by atoms with Crippen LogP contribution in [0.1, 0.15) is 19.4 Å². The molecule has 2 N–H and O–H groups in total. The zero-order valence-electron chi connectivity index (χ0n) is 11.3. The van der Waals surface area contributed by atoms with Crippen molar-refractivity contribution in [3.05, 3.63) is 42.2 Å². The molecular formula is C15H19N3O. The van der Waals surface area contributed by atoms with Crippen LogP contribution in [-0.2, 0) is 11.3 Å². The van der Waals surface area contributed by atoms with Gasteiger partial charge in [0.15, 0.2) is 0 Å². The maximum Gasteiger partial charge on any atom is 0.236 e. The standard InChI is InChI=1S/C15H19N3O/c1-3-17-15(19)11(2)18-10-13-6-4-5-12-9-16-8-7-14(12)13/h4-9,11,18H,3,10H2,1-2H3,(H,17,19). The molecule has 0 bridgehead atoms. The van der Waals surface area contributed by atoms with E-state index >= 15 is 0 Å². The lowest BCUT2D eigenvalue weighted by atomic mass is 10.1. The second-order valence-electron chi connectivity index (χ2n) is 4.51. The van der Waals surface area contributed by atoms with Gasteiger partial charge in [0.25, 0.3) is 0 Å². The summed E-state index contributed by atoms with van der Waals surface area (Å²) in [6.07, 6.45) is 3.64. The van der Waals surface area contributed by atoms with Crippen molar-refractivity contribution >= 4 is 16.7 Å². The molecule has 1 atom stereocenters. The van der Waals surface area contributed by atoms with E-state index in [1.54, 1.807) is 6.20 Å². The highest BCUT2D eigenvalue weighted by atomic mass is 16.2. The maximum atomic E-state index is 11.6. The van der Waals surface area contributed by atoms with Crippen molar-refractivity contribution in [2.75, 3.05) is 6.54 Å². The number of benzene rings is 1. The molecule has 1 aromatic heterocycles. The number of hydrogen-bond donors (Lipinski definition) is 2. The minimum absolute atomic E-state index is 0.0319. The Morgan fingerprint density at radius 2 is 2.21 bits per heavy atom. The van der Waals surface area contributed by atoms with Gasteiger partial charge in [-0.05, 0) is 30.9 Å². The summed E-state index contributed by atoms with van der Waals surface area (Å²) in [4.78, 5) is 15.8. The molecule has 0 spiro atoms. The van der Waals surface area contributed by atoms with E-state index in [-0.39, 0.29) is 11.9 Å². The number of nitrogens with one attached hydrogen (secondary N) is 2. The number of rotatable bonds is 5. The van der Waals surface area contributed by atoms with Crippen LogP contribution in [0.15, 0.2) is 36.7 Å². The predicted octanol–water partition coefficient (Wildman–Crippen LogP) is 1.85. The summed E-state index contributed by atoms with van der Waals surface area (Å²) >= 11 is 0. The summed E-state index contributed by atoms with van der Waals surface area (Å²) in [6.45, 7) is 5.12. The highest BCUT2D eigenvalue weighted by Crippen LogP contribution is 2.17. The number of carbonyl (C=O) groups is 1. The monoisotopic (exact) mass is 257 g/mol. The molecule has 1 unspecified atom stereocenters. The molecule has 19 heavy (non-hydrogen) atoms. The lowest BCUT2D eigenvalue weighted by molar-refractivity contribution is -0.122. The number of amides is 1. The zero-order chi connectivity index (χ0) is 13.7. The smallest absolute Gasteiger partial charge is 0.236 e. The predicted molar refractivity (Wildman–Crippen MR) is 76.7 cm³/mol. The first-order chi connectivity index (χ1) is 9.22. The Kier molecular flexibility index (Phi) is 4.47. The summed E-state index contributed by atoms with van der Waals surface area (Å²) in [6, 6.07) is 7.93. The molecule has 4 heteroatoms. The fraction of sp³-hybridized carbons (Fsp3) is 0.333. The van der Waals surface area contributed by atoms with Gasteiger partial charge in [-0.2, -0.15) is 0 Å². The molecule has 1 heterocycles. The number of aromatic nitrogens is 1. The molecule has 0 aliphatic heterocycles. The molecule has 100 valence electrons. The molecule has 0 radical (unpaired) electrons. The second kappa shape index (κ2) is 6.29. The van der Waals surface area contributed by atoms with Gasteiger partial charge in [0, 0.05) is 30.9 Å². The summed E-state index contributed by atoms with van der Waals surface area (Å²) in [7, 11) is 0. The fourth-order valence-electron chi connectivity index (χ4n) is 2.03. The largest absolute Gasteiger partial charge is 0.355 e. The molecule has 0 fully saturated rings. The van der Waals surface area contributed by atoms with Gasteiger partial charge in [-0.3, -0.25) is 9.78 Å². The number of pyridine rings is 1. The van der Waals surface area contributed by atoms with Gasteiger partial charge in [0.05, 0.1) is 6.04 Å². The van der Waals surface area contributed by atoms with E-state index in [1.807, 2.05) is 38.2 Å². The minimum atomic E-state index is -0.197. The van der Waals surface area contributed by atoms with Crippen molar-refractivity contribution in [2.45, 2.75) is 26.4 Å². The number of carbonyl (C=O) groups excluding carboxylic acids is 1. The van der Waals surface area contributed by atoms with Gasteiger partial charge in [-0.25, -0.2) is 0 Å². The van der Waals surface area contributed by atoms with Crippen LogP contribution in [0.4, 0.5) is 0 Å². The van der Waals surface area contributed by atoms with Crippen molar-refractivity contribution in [1.29, 1.82) is 0 Å². The lowest BCUT2D eigenvalue weighted by Gasteiger charge is -2.14. The van der Waals surface area contributed by atoms with Crippen molar-refractivity contribution < 1.29 is 4.79 Å². The van der Waals surface area contributed by atoms with Crippen LogP contribution >= 0.6 is 0 Å². The summed E-state index contributed by atoms with van der Waals surface area (Å²) in [5.74, 6) is 0.0319. The van der Waals surface area contributed by atoms with E-state index in [0.717, 1.165) is 5.39 Å². The van der Waals surface area contributed by atoms with E-state index in [2.05, 4.69) is 21.7 Å². The van der Waals surface area contributed by atoms with Gasteiger partial charge in [-0.1, -0.05) is 18.2 Å². The SMILES string of the molecule is CCNC(=O)C(C)NCc1cccc2cnccc12. The number of nitrogens with zero attached hydrogens (tertiary/aromatic N) is 1. The van der Waals surface area contributed by atoms with Gasteiger partial charge in [0.2, 0.25) is 5.91 Å². The molecule has 2 aromatic rings. The molecular weight excluding hydrogens is 238 g/mol. The fourth-order valence-corrected chi connectivity index (χ4v) is 2.03. The van der Waals surface area contributed by atoms with Crippen molar-refractivity contribution in [2.24, 2.45) is 0 Å². The highest BCUT2D eigenvalue weighted by molar-refractivity contribution is 5.85. The molecule has 0 saturated carbocycles. The zero-order valence-corrected chi connectivity index (χ0v) is 11.3. The van der Waals surface area contributed by atoms with Gasteiger partial charge >= 0.3 is 0 Å². The van der Waals surface area contributed by atoms with E-state index in [9.17, 15) is 4.79 Å². The third-order valence-electron chi connectivity index (χ3n) is 3.11. The Labute approximate surface area is 113 Å². The van der Waals surface area contributed by atoms with Gasteiger partial charge < -0.3 is 10.6 Å². The third kappa shape index (κ3) is 3.29. The number of likely N-dealkylation sites (N-methyl/N-ethyl adjacent to an activating group) is 1.